The van der Waals surface area contributed by atoms with E-state index in [0.717, 1.165) is 32.5 Å². The third-order valence-electron chi connectivity index (χ3n) is 4.78. The van der Waals surface area contributed by atoms with E-state index in [9.17, 15) is 4.79 Å². The van der Waals surface area contributed by atoms with Gasteiger partial charge in [0.2, 0.25) is 0 Å². The molecule has 1 aliphatic heterocycles. The van der Waals surface area contributed by atoms with Crippen molar-refractivity contribution in [3.8, 4) is 0 Å². The van der Waals surface area contributed by atoms with Crippen LogP contribution in [0.15, 0.2) is 42.5 Å². The van der Waals surface area contributed by atoms with Crippen molar-refractivity contribution >= 4 is 16.8 Å². The second kappa shape index (κ2) is 7.67. The Hall–Kier alpha value is -2.07. The lowest BCUT2D eigenvalue weighted by Crippen LogP contribution is -2.48. The number of nitrogens with zero attached hydrogens (tertiary/aromatic N) is 1. The van der Waals surface area contributed by atoms with E-state index in [2.05, 4.69) is 54.7 Å². The summed E-state index contributed by atoms with van der Waals surface area (Å²) >= 11 is 0. The summed E-state index contributed by atoms with van der Waals surface area (Å²) in [5, 5.41) is 5.61. The summed E-state index contributed by atoms with van der Waals surface area (Å²) in [5.74, 6) is 0. The number of benzene rings is 2. The highest BCUT2D eigenvalue weighted by atomic mass is 16.5. The van der Waals surface area contributed by atoms with Crippen molar-refractivity contribution in [2.75, 3.05) is 20.3 Å². The lowest BCUT2D eigenvalue weighted by Gasteiger charge is -2.32. The van der Waals surface area contributed by atoms with Crippen LogP contribution >= 0.6 is 0 Å². The number of hydrogen-bond acceptors (Lipinski definition) is 2. The van der Waals surface area contributed by atoms with Gasteiger partial charge in [0.25, 0.3) is 0 Å². The maximum Gasteiger partial charge on any atom is 0.317 e. The Morgan fingerprint density at radius 1 is 1.21 bits per heavy atom. The molecule has 0 aliphatic carbocycles. The number of carbonyl (C=O) groups is 1. The Balaban J connectivity index is 1.57. The van der Waals surface area contributed by atoms with Crippen LogP contribution in [0.1, 0.15) is 25.3 Å². The summed E-state index contributed by atoms with van der Waals surface area (Å²) < 4.78 is 5.37. The van der Waals surface area contributed by atoms with Crippen molar-refractivity contribution in [1.29, 1.82) is 0 Å². The minimum atomic E-state index is 0.00943. The molecule has 1 saturated heterocycles. The second-order valence-electron chi connectivity index (χ2n) is 6.69. The van der Waals surface area contributed by atoms with Crippen molar-refractivity contribution in [1.82, 2.24) is 10.2 Å². The van der Waals surface area contributed by atoms with Gasteiger partial charge in [0.15, 0.2) is 0 Å². The maximum atomic E-state index is 12.4. The monoisotopic (exact) mass is 326 g/mol. The fraction of sp³-hybridized carbons (Fsp3) is 0.450. The molecule has 1 fully saturated rings. The zero-order chi connectivity index (χ0) is 16.9. The van der Waals surface area contributed by atoms with E-state index in [4.69, 9.17) is 4.74 Å². The van der Waals surface area contributed by atoms with Crippen LogP contribution in [0.25, 0.3) is 10.8 Å². The average Bonchev–Trinajstić information content (AvgIpc) is 2.61. The Labute approximate surface area is 143 Å². The summed E-state index contributed by atoms with van der Waals surface area (Å²) in [6.07, 6.45) is 2.67. The number of rotatable bonds is 4. The zero-order valence-corrected chi connectivity index (χ0v) is 14.5. The van der Waals surface area contributed by atoms with E-state index in [-0.39, 0.29) is 18.1 Å². The van der Waals surface area contributed by atoms with E-state index < -0.39 is 0 Å². The lowest BCUT2D eigenvalue weighted by atomic mass is 10.0. The molecular formula is C20H26N2O2. The molecule has 1 atom stereocenters. The predicted molar refractivity (Wildman–Crippen MR) is 97.2 cm³/mol. The average molecular weight is 326 g/mol. The fourth-order valence-corrected chi connectivity index (χ4v) is 3.32. The van der Waals surface area contributed by atoms with Gasteiger partial charge in [0.05, 0.1) is 0 Å². The first-order valence-corrected chi connectivity index (χ1v) is 8.72. The smallest absolute Gasteiger partial charge is 0.317 e. The van der Waals surface area contributed by atoms with Gasteiger partial charge in [-0.05, 0) is 42.5 Å². The van der Waals surface area contributed by atoms with E-state index >= 15 is 0 Å². The van der Waals surface area contributed by atoms with Crippen molar-refractivity contribution in [3.05, 3.63) is 48.0 Å². The lowest BCUT2D eigenvalue weighted by molar-refractivity contribution is 0.0523. The van der Waals surface area contributed by atoms with E-state index in [1.54, 1.807) is 0 Å². The molecule has 0 spiro atoms. The van der Waals surface area contributed by atoms with Crippen LogP contribution in [0, 0.1) is 0 Å². The number of carbonyl (C=O) groups excluding carboxylic acids is 1. The van der Waals surface area contributed by atoms with Crippen LogP contribution in [0.5, 0.6) is 0 Å². The van der Waals surface area contributed by atoms with Gasteiger partial charge >= 0.3 is 6.03 Å². The largest absolute Gasteiger partial charge is 0.381 e. The minimum Gasteiger partial charge on any atom is -0.381 e. The molecule has 1 heterocycles. The van der Waals surface area contributed by atoms with E-state index in [1.807, 2.05) is 11.9 Å². The van der Waals surface area contributed by atoms with Gasteiger partial charge in [-0.25, -0.2) is 4.79 Å². The molecule has 4 heteroatoms. The van der Waals surface area contributed by atoms with E-state index in [1.165, 1.54) is 16.3 Å². The molecule has 1 unspecified atom stereocenters. The van der Waals surface area contributed by atoms with Crippen molar-refractivity contribution < 1.29 is 9.53 Å². The number of amides is 2. The van der Waals surface area contributed by atoms with Gasteiger partial charge in [-0.2, -0.15) is 0 Å². The Kier molecular flexibility index (Phi) is 5.36. The van der Waals surface area contributed by atoms with Crippen molar-refractivity contribution in [3.63, 3.8) is 0 Å². The highest BCUT2D eigenvalue weighted by molar-refractivity contribution is 5.83. The molecule has 2 amide bonds. The normalized spacial score (nSPS) is 16.8. The third kappa shape index (κ3) is 4.06. The van der Waals surface area contributed by atoms with Crippen molar-refractivity contribution in [2.24, 2.45) is 0 Å². The fourth-order valence-electron chi connectivity index (χ4n) is 3.32. The van der Waals surface area contributed by atoms with Crippen LogP contribution in [0.3, 0.4) is 0 Å². The molecule has 128 valence electrons. The number of urea groups is 1. The summed E-state index contributed by atoms with van der Waals surface area (Å²) in [5.41, 5.74) is 1.25. The highest BCUT2D eigenvalue weighted by Crippen LogP contribution is 2.17. The molecule has 0 saturated carbocycles. The van der Waals surface area contributed by atoms with Crippen LogP contribution in [0.2, 0.25) is 0 Å². The molecule has 0 bridgehead atoms. The molecule has 1 N–H and O–H groups in total. The van der Waals surface area contributed by atoms with Gasteiger partial charge < -0.3 is 15.0 Å². The third-order valence-corrected chi connectivity index (χ3v) is 4.78. The minimum absolute atomic E-state index is 0.00943. The van der Waals surface area contributed by atoms with Crippen LogP contribution in [-0.4, -0.2) is 43.3 Å². The SMILES string of the molecule is CC(Cc1ccc2ccccc2c1)NC(=O)N(C)C1CCOCC1. The predicted octanol–water partition coefficient (Wildman–Crippen LogP) is 3.59. The Morgan fingerprint density at radius 2 is 1.92 bits per heavy atom. The number of hydrogen-bond donors (Lipinski definition) is 1. The molecule has 2 aromatic rings. The van der Waals surface area contributed by atoms with Gasteiger partial charge in [-0.1, -0.05) is 42.5 Å². The molecule has 0 radical (unpaired) electrons. The number of fused-ring (bicyclic) bond motifs is 1. The van der Waals surface area contributed by atoms with Gasteiger partial charge in [-0.15, -0.1) is 0 Å². The van der Waals surface area contributed by atoms with Crippen LogP contribution < -0.4 is 5.32 Å². The topological polar surface area (TPSA) is 41.6 Å². The van der Waals surface area contributed by atoms with E-state index in [0.29, 0.717) is 0 Å². The Morgan fingerprint density at radius 3 is 2.67 bits per heavy atom. The molecule has 3 rings (SSSR count). The van der Waals surface area contributed by atoms with Crippen molar-refractivity contribution in [2.45, 2.75) is 38.3 Å². The first kappa shape index (κ1) is 16.8. The molecule has 4 nitrogen and oxygen atoms in total. The summed E-state index contributed by atoms with van der Waals surface area (Å²) in [4.78, 5) is 14.3. The summed E-state index contributed by atoms with van der Waals surface area (Å²) in [6.45, 7) is 3.55. The van der Waals surface area contributed by atoms with Gasteiger partial charge in [-0.3, -0.25) is 0 Å². The molecule has 0 aromatic heterocycles. The standard InChI is InChI=1S/C20H26N2O2/c1-15(21-20(23)22(2)19-9-11-24-12-10-19)13-16-7-8-17-5-3-4-6-18(17)14-16/h3-8,14-15,19H,9-13H2,1-2H3,(H,21,23). The quantitative estimate of drug-likeness (QED) is 0.933. The summed E-state index contributed by atoms with van der Waals surface area (Å²) in [6, 6.07) is 15.2. The molecule has 1 aliphatic rings. The molecule has 2 aromatic carbocycles. The Bertz CT molecular complexity index is 695. The zero-order valence-electron chi connectivity index (χ0n) is 14.5. The number of nitrogens with one attached hydrogen (secondary N) is 1. The first-order chi connectivity index (χ1) is 11.6. The van der Waals surface area contributed by atoms with Crippen LogP contribution in [-0.2, 0) is 11.2 Å². The summed E-state index contributed by atoms with van der Waals surface area (Å²) in [7, 11) is 1.88. The maximum absolute atomic E-state index is 12.4. The highest BCUT2D eigenvalue weighted by Gasteiger charge is 2.23. The number of ether oxygens (including phenoxy) is 1. The second-order valence-corrected chi connectivity index (χ2v) is 6.69. The van der Waals surface area contributed by atoms with Gasteiger partial charge in [0.1, 0.15) is 0 Å². The van der Waals surface area contributed by atoms with Gasteiger partial charge in [0, 0.05) is 32.3 Å². The first-order valence-electron chi connectivity index (χ1n) is 8.72. The van der Waals surface area contributed by atoms with Crippen LogP contribution in [0.4, 0.5) is 4.79 Å². The molecule has 24 heavy (non-hydrogen) atoms. The molecular weight excluding hydrogens is 300 g/mol.